The molecule has 1 aliphatic rings. The van der Waals surface area contributed by atoms with Crippen molar-refractivity contribution in [1.29, 1.82) is 0 Å². The van der Waals surface area contributed by atoms with Crippen LogP contribution in [-0.4, -0.2) is 38.9 Å². The normalized spacial score (nSPS) is 26.5. The van der Waals surface area contributed by atoms with Gasteiger partial charge in [0.1, 0.15) is 5.22 Å². The molecule has 5 heteroatoms. The van der Waals surface area contributed by atoms with Crippen molar-refractivity contribution in [3.8, 4) is 0 Å². The predicted molar refractivity (Wildman–Crippen MR) is 85.0 cm³/mol. The van der Waals surface area contributed by atoms with Crippen LogP contribution in [-0.2, 0) is 13.6 Å². The summed E-state index contributed by atoms with van der Waals surface area (Å²) in [5.41, 5.74) is 0. The highest BCUT2D eigenvalue weighted by atomic mass is 79.9. The maximum absolute atomic E-state index is 6.28. The van der Waals surface area contributed by atoms with Crippen molar-refractivity contribution in [2.24, 2.45) is 0 Å². The summed E-state index contributed by atoms with van der Waals surface area (Å²) in [4.78, 5) is 0. The molecule has 0 N–H and O–H groups in total. The van der Waals surface area contributed by atoms with E-state index in [-0.39, 0.29) is 5.22 Å². The predicted octanol–water partition coefficient (Wildman–Crippen LogP) is 4.18. The number of hydrogen-bond acceptors (Lipinski definition) is 3. The standard InChI is InChI=1S/C14H29BrO3Si/c1-4-16-14(11-9-12-15)10-7-8-13-19(14,17-5-2)18-6-3/h4-13H2,1-3H3. The largest absolute Gasteiger partial charge is 0.393 e. The Kier molecular flexibility index (Phi) is 8.14. The van der Waals surface area contributed by atoms with Gasteiger partial charge in [0.15, 0.2) is 0 Å². The Labute approximate surface area is 127 Å². The molecule has 0 spiro atoms. The summed E-state index contributed by atoms with van der Waals surface area (Å²) in [7, 11) is -2.26. The SMILES string of the molecule is CCOC1(CCCBr)CCCC[Si]1(OCC)OCC. The fourth-order valence-corrected chi connectivity index (χ4v) is 8.06. The van der Waals surface area contributed by atoms with E-state index in [0.717, 1.165) is 50.5 Å². The van der Waals surface area contributed by atoms with Gasteiger partial charge in [-0.3, -0.25) is 0 Å². The number of halogens is 1. The second-order valence-corrected chi connectivity index (χ2v) is 9.33. The summed E-state index contributed by atoms with van der Waals surface area (Å²) in [5, 5.41) is 0.879. The number of rotatable bonds is 9. The Hall–Kier alpha value is 0.577. The molecule has 1 fully saturated rings. The minimum absolute atomic E-state index is 0.139. The zero-order valence-corrected chi connectivity index (χ0v) is 15.3. The number of hydrogen-bond donors (Lipinski definition) is 0. The Bertz CT molecular complexity index is 237. The molecule has 1 saturated heterocycles. The fraction of sp³-hybridized carbons (Fsp3) is 1.00. The molecule has 114 valence electrons. The van der Waals surface area contributed by atoms with Gasteiger partial charge in [0.25, 0.3) is 0 Å². The molecule has 19 heavy (non-hydrogen) atoms. The van der Waals surface area contributed by atoms with E-state index in [2.05, 4.69) is 36.7 Å². The lowest BCUT2D eigenvalue weighted by molar-refractivity contribution is -0.0456. The van der Waals surface area contributed by atoms with Crippen LogP contribution in [0.5, 0.6) is 0 Å². The quantitative estimate of drug-likeness (QED) is 0.460. The average molecular weight is 353 g/mol. The maximum atomic E-state index is 6.28. The van der Waals surface area contributed by atoms with Crippen molar-refractivity contribution in [1.82, 2.24) is 0 Å². The average Bonchev–Trinajstić information content (AvgIpc) is 2.40. The van der Waals surface area contributed by atoms with Gasteiger partial charge in [-0.2, -0.15) is 0 Å². The first kappa shape index (κ1) is 17.6. The molecular weight excluding hydrogens is 324 g/mol. The molecule has 1 rings (SSSR count). The van der Waals surface area contributed by atoms with Crippen molar-refractivity contribution in [2.75, 3.05) is 25.2 Å². The van der Waals surface area contributed by atoms with Crippen molar-refractivity contribution in [3.63, 3.8) is 0 Å². The van der Waals surface area contributed by atoms with Crippen molar-refractivity contribution >= 4 is 24.5 Å². The summed E-state index contributed by atoms with van der Waals surface area (Å²) < 4.78 is 18.8. The van der Waals surface area contributed by atoms with Crippen LogP contribution in [0.4, 0.5) is 0 Å². The van der Waals surface area contributed by atoms with E-state index in [4.69, 9.17) is 13.6 Å². The van der Waals surface area contributed by atoms with Gasteiger partial charge in [0.2, 0.25) is 0 Å². The Balaban J connectivity index is 3.01. The second kappa shape index (κ2) is 8.77. The van der Waals surface area contributed by atoms with Crippen LogP contribution in [0.25, 0.3) is 0 Å². The molecule has 0 aromatic rings. The third-order valence-electron chi connectivity index (χ3n) is 3.92. The molecular formula is C14H29BrO3Si. The van der Waals surface area contributed by atoms with E-state index in [0.29, 0.717) is 0 Å². The summed E-state index contributed by atoms with van der Waals surface area (Å²) in [6, 6.07) is 1.08. The smallest absolute Gasteiger partial charge is 0.371 e. The zero-order chi connectivity index (χ0) is 14.2. The van der Waals surface area contributed by atoms with E-state index in [1.54, 1.807) is 0 Å². The van der Waals surface area contributed by atoms with Gasteiger partial charge in [-0.15, -0.1) is 0 Å². The van der Waals surface area contributed by atoms with E-state index < -0.39 is 8.56 Å². The first-order chi connectivity index (χ1) is 9.20. The highest BCUT2D eigenvalue weighted by Gasteiger charge is 2.59. The molecule has 1 unspecified atom stereocenters. The van der Waals surface area contributed by atoms with Gasteiger partial charge in [0.05, 0.1) is 0 Å². The highest BCUT2D eigenvalue weighted by molar-refractivity contribution is 9.09. The Morgan fingerprint density at radius 1 is 1.05 bits per heavy atom. The van der Waals surface area contributed by atoms with Crippen LogP contribution in [0.2, 0.25) is 6.04 Å². The van der Waals surface area contributed by atoms with Crippen molar-refractivity contribution in [3.05, 3.63) is 0 Å². The van der Waals surface area contributed by atoms with E-state index >= 15 is 0 Å². The lowest BCUT2D eigenvalue weighted by Gasteiger charge is -2.49. The summed E-state index contributed by atoms with van der Waals surface area (Å²) in [6.07, 6.45) is 5.72. The van der Waals surface area contributed by atoms with Crippen molar-refractivity contribution in [2.45, 2.75) is 64.1 Å². The van der Waals surface area contributed by atoms with E-state index in [1.807, 2.05) is 0 Å². The molecule has 1 aliphatic heterocycles. The Morgan fingerprint density at radius 3 is 2.26 bits per heavy atom. The first-order valence-electron chi connectivity index (χ1n) is 7.68. The third kappa shape index (κ3) is 4.03. The maximum Gasteiger partial charge on any atom is 0.371 e. The van der Waals surface area contributed by atoms with Crippen LogP contribution in [0.1, 0.15) is 52.9 Å². The number of ether oxygens (including phenoxy) is 1. The minimum atomic E-state index is -2.26. The minimum Gasteiger partial charge on any atom is -0.393 e. The van der Waals surface area contributed by atoms with Gasteiger partial charge in [0, 0.05) is 25.2 Å². The van der Waals surface area contributed by atoms with Crippen LogP contribution >= 0.6 is 15.9 Å². The molecule has 0 bridgehead atoms. The summed E-state index contributed by atoms with van der Waals surface area (Å²) in [5.74, 6) is 0. The van der Waals surface area contributed by atoms with E-state index in [1.165, 1.54) is 12.8 Å². The van der Waals surface area contributed by atoms with Crippen LogP contribution < -0.4 is 0 Å². The monoisotopic (exact) mass is 352 g/mol. The van der Waals surface area contributed by atoms with Crippen LogP contribution in [0.15, 0.2) is 0 Å². The molecule has 0 aliphatic carbocycles. The third-order valence-corrected chi connectivity index (χ3v) is 9.04. The molecule has 1 heterocycles. The topological polar surface area (TPSA) is 27.7 Å². The summed E-state index contributed by atoms with van der Waals surface area (Å²) >= 11 is 3.55. The van der Waals surface area contributed by atoms with Gasteiger partial charge in [-0.05, 0) is 46.1 Å². The molecule has 0 amide bonds. The highest BCUT2D eigenvalue weighted by Crippen LogP contribution is 2.43. The molecule has 0 aromatic heterocycles. The van der Waals surface area contributed by atoms with Gasteiger partial charge < -0.3 is 13.6 Å². The molecule has 0 saturated carbocycles. The van der Waals surface area contributed by atoms with Crippen LogP contribution in [0.3, 0.4) is 0 Å². The van der Waals surface area contributed by atoms with Gasteiger partial charge in [-0.25, -0.2) is 0 Å². The van der Waals surface area contributed by atoms with Crippen molar-refractivity contribution < 1.29 is 13.6 Å². The lowest BCUT2D eigenvalue weighted by atomic mass is 10.1. The molecule has 0 radical (unpaired) electrons. The van der Waals surface area contributed by atoms with Gasteiger partial charge >= 0.3 is 8.56 Å². The molecule has 0 aromatic carbocycles. The molecule has 3 nitrogen and oxygen atoms in total. The fourth-order valence-electron chi connectivity index (χ4n) is 3.30. The van der Waals surface area contributed by atoms with Gasteiger partial charge in [-0.1, -0.05) is 28.8 Å². The first-order valence-corrected chi connectivity index (χ1v) is 10.8. The zero-order valence-electron chi connectivity index (χ0n) is 12.7. The summed E-state index contributed by atoms with van der Waals surface area (Å²) in [6.45, 7) is 8.44. The Morgan fingerprint density at radius 2 is 1.74 bits per heavy atom. The lowest BCUT2D eigenvalue weighted by Crippen LogP contribution is -2.66. The second-order valence-electron chi connectivity index (χ2n) is 5.05. The number of alkyl halides is 1. The van der Waals surface area contributed by atoms with Crippen LogP contribution in [0, 0.1) is 0 Å². The molecule has 1 atom stereocenters. The van der Waals surface area contributed by atoms with E-state index in [9.17, 15) is 0 Å².